The molecule has 6 nitrogen and oxygen atoms in total. The minimum absolute atomic E-state index is 0.108. The Hall–Kier alpha value is -1.99. The first-order valence-electron chi connectivity index (χ1n) is 5.99. The van der Waals surface area contributed by atoms with Crippen LogP contribution in [-0.4, -0.2) is 26.2 Å². The van der Waals surface area contributed by atoms with Crippen LogP contribution in [0.15, 0.2) is 34.7 Å². The minimum atomic E-state index is -1.69. The molecule has 0 radical (unpaired) electrons. The van der Waals surface area contributed by atoms with Crippen LogP contribution in [0.3, 0.4) is 0 Å². The molecule has 7 heteroatoms. The molecule has 0 spiro atoms. The standard InChI is InChI=1S/C13H15N3O3S/c1-9-4-3-5-11(17)16(9)7-13(2,19)12(18)15-10-6-14-8-20-10/h3-6,8,19H,7H2,1-2H3,(H,15,18). The minimum Gasteiger partial charge on any atom is -0.378 e. The van der Waals surface area contributed by atoms with Crippen molar-refractivity contribution < 1.29 is 9.90 Å². The lowest BCUT2D eigenvalue weighted by molar-refractivity contribution is -0.133. The fourth-order valence-corrected chi connectivity index (χ4v) is 2.24. The third-order valence-electron chi connectivity index (χ3n) is 2.89. The molecule has 0 bridgehead atoms. The molecular weight excluding hydrogens is 278 g/mol. The molecule has 0 saturated heterocycles. The van der Waals surface area contributed by atoms with Crippen molar-refractivity contribution in [3.63, 3.8) is 0 Å². The highest BCUT2D eigenvalue weighted by atomic mass is 32.1. The molecule has 0 aliphatic rings. The van der Waals surface area contributed by atoms with Crippen molar-refractivity contribution >= 4 is 22.2 Å². The molecule has 0 saturated carbocycles. The molecule has 2 heterocycles. The Morgan fingerprint density at radius 1 is 1.55 bits per heavy atom. The summed E-state index contributed by atoms with van der Waals surface area (Å²) in [5, 5.41) is 13.4. The van der Waals surface area contributed by atoms with Gasteiger partial charge in [-0.25, -0.2) is 0 Å². The molecule has 0 aliphatic heterocycles. The molecular formula is C13H15N3O3S. The lowest BCUT2D eigenvalue weighted by Gasteiger charge is -2.23. The summed E-state index contributed by atoms with van der Waals surface area (Å²) in [6.07, 6.45) is 1.50. The Morgan fingerprint density at radius 2 is 2.30 bits per heavy atom. The molecule has 0 aliphatic carbocycles. The Kier molecular flexibility index (Phi) is 4.01. The second kappa shape index (κ2) is 5.56. The summed E-state index contributed by atoms with van der Waals surface area (Å²) in [4.78, 5) is 27.7. The van der Waals surface area contributed by atoms with E-state index in [1.807, 2.05) is 0 Å². The van der Waals surface area contributed by atoms with Gasteiger partial charge in [0.2, 0.25) is 0 Å². The number of thiazole rings is 1. The molecule has 1 amide bonds. The SMILES string of the molecule is Cc1cccc(=O)n1CC(C)(O)C(=O)Nc1cncs1. The van der Waals surface area contributed by atoms with Crippen molar-refractivity contribution in [3.05, 3.63) is 46.0 Å². The number of hydrogen-bond acceptors (Lipinski definition) is 5. The van der Waals surface area contributed by atoms with E-state index < -0.39 is 11.5 Å². The number of aromatic nitrogens is 2. The number of anilines is 1. The molecule has 20 heavy (non-hydrogen) atoms. The van der Waals surface area contributed by atoms with Crippen LogP contribution in [0.4, 0.5) is 5.00 Å². The van der Waals surface area contributed by atoms with Gasteiger partial charge in [-0.1, -0.05) is 6.07 Å². The number of nitrogens with zero attached hydrogens (tertiary/aromatic N) is 2. The number of aryl methyl sites for hydroxylation is 1. The maximum Gasteiger partial charge on any atom is 0.258 e. The number of amides is 1. The molecule has 2 N–H and O–H groups in total. The number of hydrogen-bond donors (Lipinski definition) is 2. The van der Waals surface area contributed by atoms with E-state index in [0.717, 1.165) is 0 Å². The smallest absolute Gasteiger partial charge is 0.258 e. The summed E-state index contributed by atoms with van der Waals surface area (Å²) in [5.74, 6) is -0.572. The van der Waals surface area contributed by atoms with Crippen molar-refractivity contribution in [2.45, 2.75) is 26.0 Å². The molecule has 2 aromatic heterocycles. The van der Waals surface area contributed by atoms with Crippen LogP contribution >= 0.6 is 11.3 Å². The molecule has 0 fully saturated rings. The molecule has 106 valence electrons. The highest BCUT2D eigenvalue weighted by molar-refractivity contribution is 7.14. The van der Waals surface area contributed by atoms with E-state index in [1.54, 1.807) is 24.6 Å². The number of aliphatic hydroxyl groups is 1. The molecule has 1 unspecified atom stereocenters. The van der Waals surface area contributed by atoms with Gasteiger partial charge in [-0.3, -0.25) is 14.6 Å². The van der Waals surface area contributed by atoms with E-state index in [1.165, 1.54) is 35.1 Å². The van der Waals surface area contributed by atoms with Crippen molar-refractivity contribution in [1.82, 2.24) is 9.55 Å². The Morgan fingerprint density at radius 3 is 2.90 bits per heavy atom. The zero-order valence-corrected chi connectivity index (χ0v) is 12.0. The summed E-state index contributed by atoms with van der Waals surface area (Å²) in [6.45, 7) is 3.02. The van der Waals surface area contributed by atoms with Crippen LogP contribution in [0.25, 0.3) is 0 Å². The van der Waals surface area contributed by atoms with Gasteiger partial charge < -0.3 is 15.0 Å². The van der Waals surface area contributed by atoms with Gasteiger partial charge in [0.25, 0.3) is 11.5 Å². The lowest BCUT2D eigenvalue weighted by atomic mass is 10.1. The first kappa shape index (κ1) is 14.4. The third-order valence-corrected chi connectivity index (χ3v) is 3.58. The van der Waals surface area contributed by atoms with Gasteiger partial charge in [-0.05, 0) is 19.9 Å². The van der Waals surface area contributed by atoms with Crippen molar-refractivity contribution in [3.8, 4) is 0 Å². The van der Waals surface area contributed by atoms with Crippen molar-refractivity contribution in [2.75, 3.05) is 5.32 Å². The summed E-state index contributed by atoms with van der Waals surface area (Å²) < 4.78 is 1.37. The van der Waals surface area contributed by atoms with Gasteiger partial charge in [0.1, 0.15) is 5.00 Å². The van der Waals surface area contributed by atoms with Gasteiger partial charge in [-0.15, -0.1) is 11.3 Å². The van der Waals surface area contributed by atoms with E-state index in [9.17, 15) is 14.7 Å². The van der Waals surface area contributed by atoms with Crippen LogP contribution in [0.1, 0.15) is 12.6 Å². The Bertz CT molecular complexity index is 662. The maximum atomic E-state index is 12.1. The number of pyridine rings is 1. The summed E-state index contributed by atoms with van der Waals surface area (Å²) in [7, 11) is 0. The second-order valence-corrected chi connectivity index (χ2v) is 5.57. The molecule has 2 aromatic rings. The van der Waals surface area contributed by atoms with Gasteiger partial charge in [0.05, 0.1) is 18.3 Å². The number of nitrogens with one attached hydrogen (secondary N) is 1. The van der Waals surface area contributed by atoms with Crippen LogP contribution in [0.2, 0.25) is 0 Å². The average molecular weight is 293 g/mol. The largest absolute Gasteiger partial charge is 0.378 e. The van der Waals surface area contributed by atoms with Gasteiger partial charge in [-0.2, -0.15) is 0 Å². The topological polar surface area (TPSA) is 84.2 Å². The van der Waals surface area contributed by atoms with E-state index in [0.29, 0.717) is 10.7 Å². The van der Waals surface area contributed by atoms with Crippen molar-refractivity contribution in [1.29, 1.82) is 0 Å². The lowest BCUT2D eigenvalue weighted by Crippen LogP contribution is -2.46. The summed E-state index contributed by atoms with van der Waals surface area (Å²) in [5.41, 5.74) is 0.315. The first-order valence-corrected chi connectivity index (χ1v) is 6.87. The van der Waals surface area contributed by atoms with Gasteiger partial charge >= 0.3 is 0 Å². The zero-order valence-electron chi connectivity index (χ0n) is 11.2. The van der Waals surface area contributed by atoms with E-state index in [2.05, 4.69) is 10.3 Å². The fourth-order valence-electron chi connectivity index (χ4n) is 1.73. The summed E-state index contributed by atoms with van der Waals surface area (Å²) >= 11 is 1.26. The van der Waals surface area contributed by atoms with Gasteiger partial charge in [0, 0.05) is 11.8 Å². The van der Waals surface area contributed by atoms with E-state index in [-0.39, 0.29) is 12.1 Å². The molecule has 1 atom stereocenters. The molecule has 2 rings (SSSR count). The van der Waals surface area contributed by atoms with Crippen LogP contribution in [-0.2, 0) is 11.3 Å². The second-order valence-electron chi connectivity index (χ2n) is 4.69. The predicted octanol–water partition coefficient (Wildman–Crippen LogP) is 1.00. The van der Waals surface area contributed by atoms with E-state index >= 15 is 0 Å². The first-order chi connectivity index (χ1) is 9.40. The predicted molar refractivity (Wildman–Crippen MR) is 76.8 cm³/mol. The maximum absolute atomic E-state index is 12.1. The normalized spacial score (nSPS) is 13.8. The highest BCUT2D eigenvalue weighted by Gasteiger charge is 2.31. The van der Waals surface area contributed by atoms with Gasteiger partial charge in [0.15, 0.2) is 5.60 Å². The van der Waals surface area contributed by atoms with Crippen LogP contribution in [0.5, 0.6) is 0 Å². The van der Waals surface area contributed by atoms with Crippen LogP contribution in [0, 0.1) is 6.92 Å². The number of carbonyl (C=O) groups is 1. The Balaban J connectivity index is 2.18. The van der Waals surface area contributed by atoms with Crippen molar-refractivity contribution in [2.24, 2.45) is 0 Å². The number of rotatable bonds is 4. The summed E-state index contributed by atoms with van der Waals surface area (Å²) in [6, 6.07) is 4.78. The average Bonchev–Trinajstić information content (AvgIpc) is 2.87. The zero-order chi connectivity index (χ0) is 14.8. The van der Waals surface area contributed by atoms with E-state index in [4.69, 9.17) is 0 Å². The highest BCUT2D eigenvalue weighted by Crippen LogP contribution is 2.16. The third kappa shape index (κ3) is 3.12. The quantitative estimate of drug-likeness (QED) is 0.881. The Labute approximate surface area is 119 Å². The number of carbonyl (C=O) groups excluding carboxylic acids is 1. The molecule has 0 aromatic carbocycles. The van der Waals surface area contributed by atoms with Crippen LogP contribution < -0.4 is 10.9 Å². The monoisotopic (exact) mass is 293 g/mol. The fraction of sp³-hybridized carbons (Fsp3) is 0.308.